The second-order valence-corrected chi connectivity index (χ2v) is 2.45. The van der Waals surface area contributed by atoms with Crippen molar-refractivity contribution in [2.45, 2.75) is 13.0 Å². The summed E-state index contributed by atoms with van der Waals surface area (Å²) in [4.78, 5) is 9.95. The lowest BCUT2D eigenvalue weighted by atomic mass is 10.3. The van der Waals surface area contributed by atoms with Crippen LogP contribution in [0.1, 0.15) is 18.7 Å². The van der Waals surface area contributed by atoms with Crippen LogP contribution in [-0.4, -0.2) is 16.0 Å². The Hall–Kier alpha value is -0.970. The SMILES string of the molecule is CC(NC=O)c1csnn1. The summed E-state index contributed by atoms with van der Waals surface area (Å²) in [5.41, 5.74) is 0.803. The van der Waals surface area contributed by atoms with E-state index in [0.717, 1.165) is 5.69 Å². The number of hydrogen-bond acceptors (Lipinski definition) is 4. The van der Waals surface area contributed by atoms with Gasteiger partial charge in [-0.1, -0.05) is 4.49 Å². The summed E-state index contributed by atoms with van der Waals surface area (Å²) >= 11 is 1.28. The molecule has 1 aromatic rings. The van der Waals surface area contributed by atoms with E-state index in [4.69, 9.17) is 0 Å². The molecular formula is C5H7N3OS. The number of nitrogens with one attached hydrogen (secondary N) is 1. The van der Waals surface area contributed by atoms with Gasteiger partial charge in [-0.05, 0) is 18.5 Å². The Balaban J connectivity index is 2.58. The Morgan fingerprint density at radius 2 is 2.70 bits per heavy atom. The van der Waals surface area contributed by atoms with Gasteiger partial charge in [0.2, 0.25) is 6.41 Å². The Morgan fingerprint density at radius 3 is 3.20 bits per heavy atom. The summed E-state index contributed by atoms with van der Waals surface area (Å²) in [7, 11) is 0. The zero-order valence-corrected chi connectivity index (χ0v) is 6.26. The summed E-state index contributed by atoms with van der Waals surface area (Å²) in [5, 5.41) is 8.16. The second kappa shape index (κ2) is 3.26. The van der Waals surface area contributed by atoms with Crippen molar-refractivity contribution in [3.05, 3.63) is 11.1 Å². The third-order valence-electron chi connectivity index (χ3n) is 1.14. The summed E-state index contributed by atoms with van der Waals surface area (Å²) < 4.78 is 3.66. The Bertz CT molecular complexity index is 199. The fourth-order valence-electron chi connectivity index (χ4n) is 0.548. The van der Waals surface area contributed by atoms with Gasteiger partial charge in [0.15, 0.2) is 0 Å². The fraction of sp³-hybridized carbons (Fsp3) is 0.400. The van der Waals surface area contributed by atoms with Crippen molar-refractivity contribution in [2.75, 3.05) is 0 Å². The van der Waals surface area contributed by atoms with Crippen LogP contribution in [0.4, 0.5) is 0 Å². The normalized spacial score (nSPS) is 12.5. The van der Waals surface area contributed by atoms with Gasteiger partial charge in [-0.25, -0.2) is 0 Å². The van der Waals surface area contributed by atoms with E-state index >= 15 is 0 Å². The number of carbonyl (C=O) groups is 1. The van der Waals surface area contributed by atoms with Crippen molar-refractivity contribution in [3.8, 4) is 0 Å². The van der Waals surface area contributed by atoms with E-state index in [9.17, 15) is 4.79 Å². The average molecular weight is 157 g/mol. The topological polar surface area (TPSA) is 54.9 Å². The van der Waals surface area contributed by atoms with E-state index in [1.54, 1.807) is 5.38 Å². The molecule has 0 aliphatic rings. The van der Waals surface area contributed by atoms with Crippen LogP contribution in [0.5, 0.6) is 0 Å². The highest BCUT2D eigenvalue weighted by Gasteiger charge is 2.04. The summed E-state index contributed by atoms with van der Waals surface area (Å²) in [5.74, 6) is 0. The van der Waals surface area contributed by atoms with Crippen molar-refractivity contribution in [1.82, 2.24) is 14.9 Å². The van der Waals surface area contributed by atoms with Crippen LogP contribution < -0.4 is 5.32 Å². The highest BCUT2D eigenvalue weighted by molar-refractivity contribution is 7.03. The van der Waals surface area contributed by atoms with Gasteiger partial charge < -0.3 is 5.32 Å². The smallest absolute Gasteiger partial charge is 0.207 e. The number of aromatic nitrogens is 2. The molecule has 4 nitrogen and oxygen atoms in total. The highest BCUT2D eigenvalue weighted by atomic mass is 32.1. The minimum Gasteiger partial charge on any atom is -0.350 e. The van der Waals surface area contributed by atoms with Gasteiger partial charge in [0.05, 0.1) is 11.7 Å². The zero-order chi connectivity index (χ0) is 7.40. The number of hydrogen-bond donors (Lipinski definition) is 1. The van der Waals surface area contributed by atoms with Crippen molar-refractivity contribution in [1.29, 1.82) is 0 Å². The van der Waals surface area contributed by atoms with Crippen LogP contribution in [-0.2, 0) is 4.79 Å². The monoisotopic (exact) mass is 157 g/mol. The maximum absolute atomic E-state index is 9.95. The molecule has 0 aromatic carbocycles. The van der Waals surface area contributed by atoms with Crippen LogP contribution in [0.25, 0.3) is 0 Å². The lowest BCUT2D eigenvalue weighted by Crippen LogP contribution is -2.16. The molecule has 0 spiro atoms. The molecule has 54 valence electrons. The molecule has 1 heterocycles. The molecule has 0 saturated heterocycles. The minimum absolute atomic E-state index is 0.0313. The third-order valence-corrected chi connectivity index (χ3v) is 1.66. The van der Waals surface area contributed by atoms with Gasteiger partial charge >= 0.3 is 0 Å². The summed E-state index contributed by atoms with van der Waals surface area (Å²) in [6.07, 6.45) is 0.657. The molecule has 0 saturated carbocycles. The van der Waals surface area contributed by atoms with E-state index < -0.39 is 0 Å². The Kier molecular flexibility index (Phi) is 2.33. The largest absolute Gasteiger partial charge is 0.350 e. The van der Waals surface area contributed by atoms with Crippen molar-refractivity contribution in [3.63, 3.8) is 0 Å². The first kappa shape index (κ1) is 7.14. The van der Waals surface area contributed by atoms with Crippen molar-refractivity contribution in [2.24, 2.45) is 0 Å². The number of carbonyl (C=O) groups excluding carboxylic acids is 1. The van der Waals surface area contributed by atoms with Gasteiger partial charge in [-0.15, -0.1) is 5.10 Å². The van der Waals surface area contributed by atoms with Gasteiger partial charge in [0, 0.05) is 5.38 Å². The molecule has 0 bridgehead atoms. The molecule has 0 fully saturated rings. The Labute approximate surface area is 62.4 Å². The molecule has 1 amide bonds. The summed E-state index contributed by atoms with van der Waals surface area (Å²) in [6.45, 7) is 1.85. The number of amides is 1. The van der Waals surface area contributed by atoms with Crippen LogP contribution >= 0.6 is 11.5 Å². The maximum atomic E-state index is 9.95. The molecule has 1 unspecified atom stereocenters. The van der Waals surface area contributed by atoms with Crippen LogP contribution in [0.15, 0.2) is 5.38 Å². The van der Waals surface area contributed by atoms with E-state index in [0.29, 0.717) is 6.41 Å². The van der Waals surface area contributed by atoms with E-state index in [2.05, 4.69) is 14.9 Å². The predicted octanol–water partition coefficient (Wildman–Crippen LogP) is 0.345. The molecule has 0 aliphatic carbocycles. The molecule has 0 aliphatic heterocycles. The molecule has 10 heavy (non-hydrogen) atoms. The highest BCUT2D eigenvalue weighted by Crippen LogP contribution is 2.07. The van der Waals surface area contributed by atoms with Gasteiger partial charge in [-0.2, -0.15) is 0 Å². The van der Waals surface area contributed by atoms with Gasteiger partial charge in [0.1, 0.15) is 0 Å². The van der Waals surface area contributed by atoms with Gasteiger partial charge in [0.25, 0.3) is 0 Å². The van der Waals surface area contributed by atoms with Crippen LogP contribution in [0, 0.1) is 0 Å². The molecule has 5 heteroatoms. The van der Waals surface area contributed by atoms with E-state index in [1.807, 2.05) is 6.92 Å². The average Bonchev–Trinajstić information content (AvgIpc) is 2.38. The zero-order valence-electron chi connectivity index (χ0n) is 5.44. The van der Waals surface area contributed by atoms with Gasteiger partial charge in [-0.3, -0.25) is 4.79 Å². The second-order valence-electron chi connectivity index (χ2n) is 1.84. The number of nitrogens with zero attached hydrogens (tertiary/aromatic N) is 2. The Morgan fingerprint density at radius 1 is 1.90 bits per heavy atom. The van der Waals surface area contributed by atoms with E-state index in [-0.39, 0.29) is 6.04 Å². The molecule has 0 radical (unpaired) electrons. The molecule has 1 N–H and O–H groups in total. The molecule has 1 aromatic heterocycles. The quantitative estimate of drug-likeness (QED) is 0.644. The molecular weight excluding hydrogens is 150 g/mol. The van der Waals surface area contributed by atoms with Crippen molar-refractivity contribution >= 4 is 17.9 Å². The lowest BCUT2D eigenvalue weighted by Gasteiger charge is -2.03. The third kappa shape index (κ3) is 1.51. The van der Waals surface area contributed by atoms with Crippen molar-refractivity contribution < 1.29 is 4.79 Å². The first-order valence-corrected chi connectivity index (χ1v) is 3.65. The van der Waals surface area contributed by atoms with E-state index in [1.165, 1.54) is 11.5 Å². The minimum atomic E-state index is -0.0313. The number of rotatable bonds is 3. The van der Waals surface area contributed by atoms with Crippen LogP contribution in [0.2, 0.25) is 0 Å². The lowest BCUT2D eigenvalue weighted by molar-refractivity contribution is -0.110. The predicted molar refractivity (Wildman–Crippen MR) is 37.5 cm³/mol. The summed E-state index contributed by atoms with van der Waals surface area (Å²) in [6, 6.07) is -0.0313. The van der Waals surface area contributed by atoms with Crippen LogP contribution in [0.3, 0.4) is 0 Å². The standard InChI is InChI=1S/C5H7N3OS/c1-4(6-3-9)5-2-10-8-7-5/h2-4H,1H3,(H,6,9). The first-order chi connectivity index (χ1) is 4.84. The molecule has 1 rings (SSSR count). The fourth-order valence-corrected chi connectivity index (χ4v) is 1.10. The first-order valence-electron chi connectivity index (χ1n) is 2.81. The molecule has 1 atom stereocenters. The maximum Gasteiger partial charge on any atom is 0.207 e.